The summed E-state index contributed by atoms with van der Waals surface area (Å²) >= 11 is 0. The van der Waals surface area contributed by atoms with Gasteiger partial charge in [0.15, 0.2) is 0 Å². The maximum atomic E-state index is 10.6. The normalized spacial score (nSPS) is 10.4. The van der Waals surface area contributed by atoms with Gasteiger partial charge in [-0.2, -0.15) is 5.10 Å². The van der Waals surface area contributed by atoms with Crippen LogP contribution in [0.1, 0.15) is 5.56 Å². The summed E-state index contributed by atoms with van der Waals surface area (Å²) in [6.45, 7) is 0.608. The van der Waals surface area contributed by atoms with E-state index in [1.807, 2.05) is 0 Å². The molecule has 0 aliphatic heterocycles. The van der Waals surface area contributed by atoms with Gasteiger partial charge in [-0.1, -0.05) is 0 Å². The maximum absolute atomic E-state index is 10.6. The average molecular weight is 344 g/mol. The zero-order chi connectivity index (χ0) is 18.1. The van der Waals surface area contributed by atoms with Gasteiger partial charge in [0.2, 0.25) is 0 Å². The number of nitrogens with zero attached hydrogens (tertiary/aromatic N) is 2. The summed E-state index contributed by atoms with van der Waals surface area (Å²) in [6, 6.07) is 12.1. The second-order valence-electron chi connectivity index (χ2n) is 4.75. The van der Waals surface area contributed by atoms with E-state index in [1.165, 1.54) is 30.5 Å². The van der Waals surface area contributed by atoms with E-state index in [0.29, 0.717) is 24.7 Å². The van der Waals surface area contributed by atoms with Gasteiger partial charge in [-0.25, -0.2) is 10.2 Å². The number of nitrogens with one attached hydrogen (secondary N) is 1. The third kappa shape index (κ3) is 6.18. The first-order valence-electron chi connectivity index (χ1n) is 7.23. The molecule has 0 aliphatic carbocycles. The van der Waals surface area contributed by atoms with E-state index in [1.54, 1.807) is 24.3 Å². The van der Waals surface area contributed by atoms with E-state index >= 15 is 0 Å². The summed E-state index contributed by atoms with van der Waals surface area (Å²) in [5.74, 6) is 1.18. The number of primary amides is 1. The third-order valence-electron chi connectivity index (χ3n) is 2.94. The lowest BCUT2D eigenvalue weighted by Crippen LogP contribution is -2.24. The highest BCUT2D eigenvalue weighted by molar-refractivity contribution is 5.81. The van der Waals surface area contributed by atoms with E-state index in [9.17, 15) is 14.9 Å². The monoisotopic (exact) mass is 344 g/mol. The molecule has 0 spiro atoms. The lowest BCUT2D eigenvalue weighted by molar-refractivity contribution is -0.384. The lowest BCUT2D eigenvalue weighted by atomic mass is 10.2. The second kappa shape index (κ2) is 8.87. The van der Waals surface area contributed by atoms with Crippen molar-refractivity contribution in [1.82, 2.24) is 5.43 Å². The van der Waals surface area contributed by atoms with E-state index in [2.05, 4.69) is 10.5 Å². The third-order valence-corrected chi connectivity index (χ3v) is 2.94. The molecule has 0 aliphatic rings. The summed E-state index contributed by atoms with van der Waals surface area (Å²) < 4.78 is 11.0. The number of benzene rings is 2. The minimum absolute atomic E-state index is 0.0123. The first kappa shape index (κ1) is 17.7. The molecule has 0 unspecified atom stereocenters. The first-order chi connectivity index (χ1) is 12.0. The Morgan fingerprint density at radius 1 is 1.08 bits per heavy atom. The van der Waals surface area contributed by atoms with Crippen LogP contribution in [0.2, 0.25) is 0 Å². The first-order valence-corrected chi connectivity index (χ1v) is 7.23. The highest BCUT2D eigenvalue weighted by atomic mass is 16.6. The molecule has 9 heteroatoms. The van der Waals surface area contributed by atoms with Crippen LogP contribution in [-0.2, 0) is 0 Å². The van der Waals surface area contributed by atoms with Gasteiger partial charge in [-0.3, -0.25) is 10.1 Å². The number of urea groups is 1. The van der Waals surface area contributed by atoms with Crippen molar-refractivity contribution < 1.29 is 19.2 Å². The van der Waals surface area contributed by atoms with Gasteiger partial charge in [0.05, 0.1) is 11.1 Å². The molecule has 9 nitrogen and oxygen atoms in total. The molecule has 2 aromatic carbocycles. The Kier molecular flexibility index (Phi) is 6.29. The van der Waals surface area contributed by atoms with Crippen LogP contribution in [-0.4, -0.2) is 30.4 Å². The lowest BCUT2D eigenvalue weighted by Gasteiger charge is -2.08. The number of nitrogens with two attached hydrogens (primary N) is 1. The Hall–Kier alpha value is -3.62. The molecule has 130 valence electrons. The fourth-order valence-electron chi connectivity index (χ4n) is 1.80. The van der Waals surface area contributed by atoms with E-state index < -0.39 is 11.0 Å². The van der Waals surface area contributed by atoms with Crippen molar-refractivity contribution >= 4 is 17.9 Å². The number of hydrogen-bond donors (Lipinski definition) is 2. The van der Waals surface area contributed by atoms with Crippen LogP contribution in [0.15, 0.2) is 53.6 Å². The topological polar surface area (TPSA) is 129 Å². The van der Waals surface area contributed by atoms with E-state index in [4.69, 9.17) is 15.2 Å². The molecule has 0 heterocycles. The summed E-state index contributed by atoms with van der Waals surface area (Å²) in [5, 5.41) is 14.2. The van der Waals surface area contributed by atoms with Crippen molar-refractivity contribution in [1.29, 1.82) is 0 Å². The van der Waals surface area contributed by atoms with Gasteiger partial charge in [-0.15, -0.1) is 0 Å². The number of nitro groups is 1. The zero-order valence-electron chi connectivity index (χ0n) is 13.1. The second-order valence-corrected chi connectivity index (χ2v) is 4.75. The number of amides is 2. The number of hydrazone groups is 1. The molecule has 0 saturated carbocycles. The number of hydrogen-bond acceptors (Lipinski definition) is 6. The fourth-order valence-corrected chi connectivity index (χ4v) is 1.80. The molecule has 0 radical (unpaired) electrons. The molecule has 0 aromatic heterocycles. The Morgan fingerprint density at radius 2 is 1.60 bits per heavy atom. The highest BCUT2D eigenvalue weighted by Crippen LogP contribution is 2.17. The molecule has 0 fully saturated rings. The van der Waals surface area contributed by atoms with Crippen molar-refractivity contribution in [3.8, 4) is 11.5 Å². The fraction of sp³-hybridized carbons (Fsp3) is 0.125. The molecule has 25 heavy (non-hydrogen) atoms. The molecule has 2 rings (SSSR count). The predicted molar refractivity (Wildman–Crippen MR) is 90.8 cm³/mol. The molecule has 2 aromatic rings. The van der Waals surface area contributed by atoms with Crippen molar-refractivity contribution in [2.45, 2.75) is 0 Å². The minimum Gasteiger partial charge on any atom is -0.490 e. The zero-order valence-corrected chi connectivity index (χ0v) is 13.1. The van der Waals surface area contributed by atoms with Gasteiger partial charge < -0.3 is 15.2 Å². The molecule has 0 atom stereocenters. The van der Waals surface area contributed by atoms with E-state index in [0.717, 1.165) is 5.56 Å². The average Bonchev–Trinajstić information content (AvgIpc) is 2.60. The Labute approximate surface area is 143 Å². The quantitative estimate of drug-likeness (QED) is 0.328. The number of rotatable bonds is 8. The van der Waals surface area contributed by atoms with Gasteiger partial charge in [-0.05, 0) is 42.0 Å². The van der Waals surface area contributed by atoms with Gasteiger partial charge >= 0.3 is 6.03 Å². The Balaban J connectivity index is 1.73. The standard InChI is InChI=1S/C16H16N4O5/c17-16(21)19-18-11-12-1-5-14(6-2-12)24-9-10-25-15-7-3-13(4-8-15)20(22)23/h1-8,11H,9-10H2,(H3,17,19,21). The summed E-state index contributed by atoms with van der Waals surface area (Å²) in [4.78, 5) is 20.6. The molecule has 2 amide bonds. The van der Waals surface area contributed by atoms with Crippen LogP contribution in [0.25, 0.3) is 0 Å². The molecule has 3 N–H and O–H groups in total. The smallest absolute Gasteiger partial charge is 0.332 e. The summed E-state index contributed by atoms with van der Waals surface area (Å²) in [7, 11) is 0. The SMILES string of the molecule is NC(=O)NN=Cc1ccc(OCCOc2ccc([N+](=O)[O-])cc2)cc1. The summed E-state index contributed by atoms with van der Waals surface area (Å²) in [6.07, 6.45) is 1.45. The van der Waals surface area contributed by atoms with Gasteiger partial charge in [0.1, 0.15) is 24.7 Å². The van der Waals surface area contributed by atoms with Crippen LogP contribution in [0.3, 0.4) is 0 Å². The van der Waals surface area contributed by atoms with Crippen molar-refractivity contribution in [3.05, 3.63) is 64.2 Å². The van der Waals surface area contributed by atoms with Gasteiger partial charge in [0, 0.05) is 12.1 Å². The molecular formula is C16H16N4O5. The van der Waals surface area contributed by atoms with Crippen LogP contribution in [0.5, 0.6) is 11.5 Å². The number of ether oxygens (including phenoxy) is 2. The van der Waals surface area contributed by atoms with Crippen molar-refractivity contribution in [2.24, 2.45) is 10.8 Å². The van der Waals surface area contributed by atoms with Crippen LogP contribution < -0.4 is 20.6 Å². The van der Waals surface area contributed by atoms with Crippen LogP contribution in [0, 0.1) is 10.1 Å². The molecular weight excluding hydrogens is 328 g/mol. The van der Waals surface area contributed by atoms with Crippen molar-refractivity contribution in [3.63, 3.8) is 0 Å². The van der Waals surface area contributed by atoms with E-state index in [-0.39, 0.29) is 5.69 Å². The Morgan fingerprint density at radius 3 is 2.08 bits per heavy atom. The van der Waals surface area contributed by atoms with Crippen LogP contribution in [0.4, 0.5) is 10.5 Å². The number of carbonyl (C=O) groups is 1. The number of carbonyl (C=O) groups excluding carboxylic acids is 1. The predicted octanol–water partition coefficient (Wildman–Crippen LogP) is 2.05. The summed E-state index contributed by atoms with van der Waals surface area (Å²) in [5.41, 5.74) is 7.76. The molecule has 0 saturated heterocycles. The maximum Gasteiger partial charge on any atom is 0.332 e. The Bertz CT molecular complexity index is 744. The molecule has 0 bridgehead atoms. The largest absolute Gasteiger partial charge is 0.490 e. The van der Waals surface area contributed by atoms with Gasteiger partial charge in [0.25, 0.3) is 5.69 Å². The van der Waals surface area contributed by atoms with Crippen molar-refractivity contribution in [2.75, 3.05) is 13.2 Å². The number of non-ortho nitro benzene ring substituents is 1. The highest BCUT2D eigenvalue weighted by Gasteiger charge is 2.04. The number of nitro benzene ring substituents is 1. The minimum atomic E-state index is -0.732. The van der Waals surface area contributed by atoms with Crippen LogP contribution >= 0.6 is 0 Å².